The molecule has 1 atom stereocenters. The summed E-state index contributed by atoms with van der Waals surface area (Å²) >= 11 is 0. The molecule has 0 aliphatic carbocycles. The van der Waals surface area contributed by atoms with E-state index >= 15 is 0 Å². The Morgan fingerprint density at radius 2 is 1.73 bits per heavy atom. The van der Waals surface area contributed by atoms with Crippen LogP contribution in [0.1, 0.15) is 42.4 Å². The van der Waals surface area contributed by atoms with E-state index in [2.05, 4.69) is 18.2 Å². The zero-order valence-corrected chi connectivity index (χ0v) is 18.3. The van der Waals surface area contributed by atoms with Crippen molar-refractivity contribution >= 4 is 22.7 Å². The van der Waals surface area contributed by atoms with Crippen molar-refractivity contribution in [2.75, 3.05) is 0 Å². The quantitative estimate of drug-likeness (QED) is 0.522. The molecule has 0 saturated carbocycles. The highest BCUT2D eigenvalue weighted by atomic mass is 16.2. The average Bonchev–Trinajstić information content (AvgIpc) is 3.18. The number of carbonyl (C=O) groups excluding carboxylic acids is 1. The molecule has 0 bridgehead atoms. The predicted molar refractivity (Wildman–Crippen MR) is 116 cm³/mol. The van der Waals surface area contributed by atoms with Crippen molar-refractivity contribution in [1.29, 1.82) is 0 Å². The van der Waals surface area contributed by atoms with Gasteiger partial charge in [-0.25, -0.2) is 9.36 Å². The number of rotatable bonds is 3. The molecule has 4 rings (SSSR count). The van der Waals surface area contributed by atoms with Crippen molar-refractivity contribution in [1.82, 2.24) is 23.1 Å². The lowest BCUT2D eigenvalue weighted by molar-refractivity contribution is -0.119. The molecule has 0 saturated heterocycles. The number of hydrogen-bond acceptors (Lipinski definition) is 4. The summed E-state index contributed by atoms with van der Waals surface area (Å²) in [4.78, 5) is 42.9. The largest absolute Gasteiger partial charge is 0.333 e. The second kappa shape index (κ2) is 6.55. The molecule has 0 amide bonds. The Kier molecular flexibility index (Phi) is 4.34. The van der Waals surface area contributed by atoms with E-state index in [1.54, 1.807) is 18.4 Å². The van der Waals surface area contributed by atoms with Crippen LogP contribution in [-0.4, -0.2) is 28.9 Å². The Morgan fingerprint density at radius 3 is 2.37 bits per heavy atom. The topological polar surface area (TPSA) is 83.3 Å². The van der Waals surface area contributed by atoms with Crippen LogP contribution < -0.4 is 11.2 Å². The van der Waals surface area contributed by atoms with Gasteiger partial charge in [-0.15, -0.1) is 0 Å². The number of nitrogens with zero attached hydrogens (tertiary/aromatic N) is 5. The molecule has 0 aliphatic rings. The lowest BCUT2D eigenvalue weighted by Crippen LogP contribution is -2.42. The number of fused-ring (bicyclic) bond motifs is 3. The van der Waals surface area contributed by atoms with Crippen LogP contribution in [0.2, 0.25) is 0 Å². The molecule has 0 N–H and O–H groups in total. The summed E-state index contributed by atoms with van der Waals surface area (Å²) in [5.41, 5.74) is 4.50. The average molecular weight is 407 g/mol. The van der Waals surface area contributed by atoms with Gasteiger partial charge in [0, 0.05) is 18.4 Å². The van der Waals surface area contributed by atoms with Crippen molar-refractivity contribution in [3.63, 3.8) is 0 Å². The lowest BCUT2D eigenvalue weighted by Gasteiger charge is -2.13. The molecule has 8 nitrogen and oxygen atoms in total. The van der Waals surface area contributed by atoms with Crippen molar-refractivity contribution in [3.8, 4) is 5.69 Å². The fraction of sp³-hybridized carbons (Fsp3) is 0.364. The smallest absolute Gasteiger partial charge is 0.298 e. The number of ketones is 1. The van der Waals surface area contributed by atoms with Crippen LogP contribution in [0, 0.1) is 27.7 Å². The van der Waals surface area contributed by atoms with Gasteiger partial charge < -0.3 is 0 Å². The van der Waals surface area contributed by atoms with E-state index in [9.17, 15) is 14.4 Å². The number of carbonyl (C=O) groups is 1. The Balaban J connectivity index is 2.23. The molecule has 156 valence electrons. The fourth-order valence-corrected chi connectivity index (χ4v) is 3.99. The van der Waals surface area contributed by atoms with Crippen molar-refractivity contribution in [2.45, 2.75) is 47.6 Å². The first-order chi connectivity index (χ1) is 14.1. The van der Waals surface area contributed by atoms with Crippen LogP contribution in [-0.2, 0) is 11.8 Å². The fourth-order valence-electron chi connectivity index (χ4n) is 3.99. The summed E-state index contributed by atoms with van der Waals surface area (Å²) in [7, 11) is 1.57. The SMILES string of the molecule is CC(=O)[C@H](C)n1c(=O)c2c(nc3n(-c4cc(C)ccc4C)c(C)c(C)n23)n(C)c1=O. The van der Waals surface area contributed by atoms with Crippen LogP contribution >= 0.6 is 0 Å². The van der Waals surface area contributed by atoms with Crippen LogP contribution in [0.5, 0.6) is 0 Å². The molecular formula is C22H25N5O3. The number of hydrogen-bond donors (Lipinski definition) is 0. The van der Waals surface area contributed by atoms with Crippen LogP contribution in [0.4, 0.5) is 0 Å². The van der Waals surface area contributed by atoms with Gasteiger partial charge in [-0.1, -0.05) is 12.1 Å². The van der Waals surface area contributed by atoms with Gasteiger partial charge in [-0.05, 0) is 58.7 Å². The molecule has 30 heavy (non-hydrogen) atoms. The van der Waals surface area contributed by atoms with E-state index in [0.717, 1.165) is 32.8 Å². The van der Waals surface area contributed by atoms with E-state index in [1.807, 2.05) is 32.3 Å². The summed E-state index contributed by atoms with van der Waals surface area (Å²) in [6.45, 7) is 10.9. The summed E-state index contributed by atoms with van der Waals surface area (Å²) in [6, 6.07) is 5.33. The van der Waals surface area contributed by atoms with Crippen molar-refractivity contribution < 1.29 is 4.79 Å². The molecule has 0 radical (unpaired) electrons. The van der Waals surface area contributed by atoms with Gasteiger partial charge in [-0.3, -0.25) is 23.1 Å². The highest BCUT2D eigenvalue weighted by Gasteiger charge is 2.26. The number of aryl methyl sites for hydroxylation is 4. The summed E-state index contributed by atoms with van der Waals surface area (Å²) in [6.07, 6.45) is 0. The lowest BCUT2D eigenvalue weighted by atomic mass is 10.1. The van der Waals surface area contributed by atoms with Crippen LogP contribution in [0.25, 0.3) is 22.6 Å². The monoisotopic (exact) mass is 407 g/mol. The van der Waals surface area contributed by atoms with E-state index in [4.69, 9.17) is 4.98 Å². The molecule has 0 fully saturated rings. The minimum Gasteiger partial charge on any atom is -0.298 e. The third kappa shape index (κ3) is 2.52. The maximum Gasteiger partial charge on any atom is 0.333 e. The van der Waals surface area contributed by atoms with Gasteiger partial charge in [0.15, 0.2) is 16.9 Å². The van der Waals surface area contributed by atoms with Gasteiger partial charge in [0.05, 0.1) is 11.7 Å². The van der Waals surface area contributed by atoms with E-state index in [1.165, 1.54) is 11.5 Å². The molecule has 0 unspecified atom stereocenters. The number of aromatic nitrogens is 5. The second-order valence-electron chi connectivity index (χ2n) is 8.02. The molecule has 8 heteroatoms. The molecular weight excluding hydrogens is 382 g/mol. The molecule has 0 spiro atoms. The number of Topliss-reactive ketones (excluding diaryl/α,β-unsaturated/α-hetero) is 1. The van der Waals surface area contributed by atoms with Gasteiger partial charge in [0.2, 0.25) is 5.78 Å². The minimum absolute atomic E-state index is 0.254. The highest BCUT2D eigenvalue weighted by Crippen LogP contribution is 2.27. The molecule has 3 aromatic heterocycles. The summed E-state index contributed by atoms with van der Waals surface area (Å²) < 4.78 is 6.16. The Morgan fingerprint density at radius 1 is 1.07 bits per heavy atom. The Bertz CT molecular complexity index is 1480. The summed E-state index contributed by atoms with van der Waals surface area (Å²) in [5.74, 6) is 0.309. The zero-order valence-electron chi connectivity index (χ0n) is 18.3. The number of imidazole rings is 2. The van der Waals surface area contributed by atoms with Gasteiger partial charge in [0.25, 0.3) is 5.56 Å². The summed E-state index contributed by atoms with van der Waals surface area (Å²) in [5, 5.41) is 0. The van der Waals surface area contributed by atoms with E-state index in [0.29, 0.717) is 16.9 Å². The third-order valence-corrected chi connectivity index (χ3v) is 6.05. The molecule has 0 aliphatic heterocycles. The minimum atomic E-state index is -0.853. The van der Waals surface area contributed by atoms with Crippen molar-refractivity contribution in [3.05, 3.63) is 61.6 Å². The van der Waals surface area contributed by atoms with Gasteiger partial charge in [0.1, 0.15) is 0 Å². The maximum absolute atomic E-state index is 13.4. The molecule has 4 aromatic rings. The molecule has 1 aromatic carbocycles. The second-order valence-corrected chi connectivity index (χ2v) is 8.02. The first kappa shape index (κ1) is 19.9. The maximum atomic E-state index is 13.4. The highest BCUT2D eigenvalue weighted by molar-refractivity contribution is 5.81. The van der Waals surface area contributed by atoms with Crippen LogP contribution in [0.3, 0.4) is 0 Å². The first-order valence-electron chi connectivity index (χ1n) is 9.86. The Labute approximate surface area is 173 Å². The third-order valence-electron chi connectivity index (χ3n) is 6.05. The normalized spacial score (nSPS) is 12.8. The predicted octanol–water partition coefficient (Wildman–Crippen LogP) is 2.52. The van der Waals surface area contributed by atoms with E-state index in [-0.39, 0.29) is 5.78 Å². The van der Waals surface area contributed by atoms with Crippen molar-refractivity contribution in [2.24, 2.45) is 7.05 Å². The van der Waals surface area contributed by atoms with E-state index < -0.39 is 17.3 Å². The van der Waals surface area contributed by atoms with Crippen LogP contribution in [0.15, 0.2) is 27.8 Å². The number of benzene rings is 1. The Hall–Kier alpha value is -3.42. The first-order valence-corrected chi connectivity index (χ1v) is 9.86. The molecule has 3 heterocycles. The zero-order chi connectivity index (χ0) is 22.1. The van der Waals surface area contributed by atoms with Gasteiger partial charge >= 0.3 is 5.69 Å². The van der Waals surface area contributed by atoms with Gasteiger partial charge in [-0.2, -0.15) is 4.98 Å². The standard InChI is InChI=1S/C22H25N5O3/c1-11-8-9-12(2)17(10-11)25-13(3)14(4)26-18-19(23-21(25)26)24(7)22(30)27(20(18)29)15(5)16(6)28/h8-10,15H,1-7H3/t15-/m0/s1.